The van der Waals surface area contributed by atoms with Gasteiger partial charge in [0.05, 0.1) is 4.47 Å². The van der Waals surface area contributed by atoms with E-state index in [1.807, 2.05) is 13.1 Å². The summed E-state index contributed by atoms with van der Waals surface area (Å²) in [5.41, 5.74) is 0.557. The van der Waals surface area contributed by atoms with E-state index in [9.17, 15) is 14.0 Å². The van der Waals surface area contributed by atoms with Gasteiger partial charge in [0, 0.05) is 18.3 Å². The fraction of sp³-hybridized carbons (Fsp3) is 0.562. The smallest absolute Gasteiger partial charge is 0.322 e. The summed E-state index contributed by atoms with van der Waals surface area (Å²) in [6.07, 6.45) is 1.64. The van der Waals surface area contributed by atoms with Crippen LogP contribution in [0.4, 0.5) is 14.9 Å². The van der Waals surface area contributed by atoms with Crippen LogP contribution >= 0.6 is 15.9 Å². The number of nitrogens with one attached hydrogen (secondary N) is 1. The lowest BCUT2D eigenvalue weighted by molar-refractivity contribution is 0.250. The molecule has 1 aromatic carbocycles. The van der Waals surface area contributed by atoms with Gasteiger partial charge in [0.1, 0.15) is 5.82 Å². The molecule has 128 valence electrons. The summed E-state index contributed by atoms with van der Waals surface area (Å²) < 4.78 is 14.0. The summed E-state index contributed by atoms with van der Waals surface area (Å²) in [4.78, 5) is 24.1. The Morgan fingerprint density at radius 2 is 2.13 bits per heavy atom. The van der Waals surface area contributed by atoms with Gasteiger partial charge in [0.25, 0.3) is 0 Å². The molecule has 7 heteroatoms. The molecule has 0 spiro atoms. The van der Waals surface area contributed by atoms with E-state index in [1.54, 1.807) is 17.0 Å². The molecule has 0 aliphatic carbocycles. The molecule has 1 fully saturated rings. The highest BCUT2D eigenvalue weighted by Crippen LogP contribution is 2.40. The molecule has 1 aliphatic rings. The molecule has 4 nitrogen and oxygen atoms in total. The molecule has 2 amide bonds. The number of carbonyl (C=O) groups excluding carboxylic acids is 1. The zero-order valence-corrected chi connectivity index (χ0v) is 16.6. The number of carbonyl (C=O) groups is 1. The van der Waals surface area contributed by atoms with Crippen molar-refractivity contribution in [3.8, 4) is 0 Å². The average Bonchev–Trinajstić information content (AvgIpc) is 2.80. The third kappa shape index (κ3) is 4.13. The molecule has 1 saturated heterocycles. The number of halogens is 2. The quantitative estimate of drug-likeness (QED) is 0.723. The van der Waals surface area contributed by atoms with Crippen LogP contribution in [0.1, 0.15) is 26.7 Å². The van der Waals surface area contributed by atoms with Gasteiger partial charge in [0.2, 0.25) is 0 Å². The Kier molecular flexibility index (Phi) is 5.23. The third-order valence-electron chi connectivity index (χ3n) is 4.96. The third-order valence-corrected chi connectivity index (χ3v) is 9.17. The Bertz CT molecular complexity index is 604. The normalized spacial score (nSPS) is 19.2. The van der Waals surface area contributed by atoms with Gasteiger partial charge < -0.3 is 10.1 Å². The van der Waals surface area contributed by atoms with Crippen LogP contribution in [0.3, 0.4) is 0 Å². The minimum absolute atomic E-state index is 0.0184. The first-order valence-electron chi connectivity index (χ1n) is 7.77. The van der Waals surface area contributed by atoms with Gasteiger partial charge in [0.15, 0.2) is 8.32 Å². The van der Waals surface area contributed by atoms with Crippen LogP contribution in [0.15, 0.2) is 22.7 Å². The van der Waals surface area contributed by atoms with Crippen LogP contribution in [0.5, 0.6) is 0 Å². The zero-order chi connectivity index (χ0) is 17.4. The predicted molar refractivity (Wildman–Crippen MR) is 96.7 cm³/mol. The van der Waals surface area contributed by atoms with Gasteiger partial charge in [-0.15, -0.1) is 0 Å². The summed E-state index contributed by atoms with van der Waals surface area (Å²) in [7, 11) is -2.25. The van der Waals surface area contributed by atoms with Crippen molar-refractivity contribution in [3.05, 3.63) is 28.5 Å². The first-order valence-corrected chi connectivity index (χ1v) is 11.5. The van der Waals surface area contributed by atoms with Gasteiger partial charge in [-0.2, -0.15) is 0 Å². The minimum atomic E-state index is -2.25. The van der Waals surface area contributed by atoms with Gasteiger partial charge in [-0.3, -0.25) is 4.90 Å². The van der Waals surface area contributed by atoms with Gasteiger partial charge in [-0.1, -0.05) is 13.8 Å². The van der Waals surface area contributed by atoms with Crippen molar-refractivity contribution in [2.75, 3.05) is 11.4 Å². The molecule has 2 rings (SSSR count). The number of nitrogens with zero attached hydrogens (tertiary/aromatic N) is 1. The van der Waals surface area contributed by atoms with E-state index in [0.717, 1.165) is 12.8 Å². The molecule has 0 saturated carbocycles. The average molecular weight is 403 g/mol. The second kappa shape index (κ2) is 6.53. The fourth-order valence-corrected chi connectivity index (χ4v) is 3.48. The van der Waals surface area contributed by atoms with Gasteiger partial charge in [-0.25, -0.2) is 9.18 Å². The molecule has 1 aliphatic heterocycles. The Balaban J connectivity index is 2.01. The molecule has 23 heavy (non-hydrogen) atoms. The molecule has 0 aromatic heterocycles. The Labute approximate surface area is 146 Å². The highest BCUT2D eigenvalue weighted by molar-refractivity contribution is 9.10. The van der Waals surface area contributed by atoms with E-state index in [1.165, 1.54) is 6.07 Å². The number of anilines is 1. The maximum absolute atomic E-state index is 13.7. The van der Waals surface area contributed by atoms with Crippen molar-refractivity contribution >= 4 is 36.0 Å². The SMILES string of the molecule is CC(C)(CCC1CN(c2ccc(Br)c(F)c2)C(=O)N1)[Si](C)(C)O. The monoisotopic (exact) mass is 402 g/mol. The summed E-state index contributed by atoms with van der Waals surface area (Å²) in [6.45, 7) is 8.56. The maximum atomic E-state index is 13.7. The number of hydrogen-bond donors (Lipinski definition) is 2. The number of urea groups is 1. The van der Waals surface area contributed by atoms with E-state index < -0.39 is 8.32 Å². The molecule has 1 atom stereocenters. The molecule has 1 aromatic rings. The molecular weight excluding hydrogens is 379 g/mol. The summed E-state index contributed by atoms with van der Waals surface area (Å²) in [5, 5.41) is 2.83. The predicted octanol–water partition coefficient (Wildman–Crippen LogP) is 4.24. The molecule has 0 bridgehead atoms. The summed E-state index contributed by atoms with van der Waals surface area (Å²) >= 11 is 3.12. The van der Waals surface area contributed by atoms with Gasteiger partial charge in [-0.05, 0) is 65.1 Å². The van der Waals surface area contributed by atoms with Crippen LogP contribution in [0.2, 0.25) is 18.1 Å². The van der Waals surface area contributed by atoms with Crippen LogP contribution < -0.4 is 10.2 Å². The first-order chi connectivity index (χ1) is 10.5. The van der Waals surface area contributed by atoms with Crippen LogP contribution in [0, 0.1) is 5.82 Å². The summed E-state index contributed by atoms with van der Waals surface area (Å²) in [6, 6.07) is 4.51. The maximum Gasteiger partial charge on any atom is 0.322 e. The Morgan fingerprint density at radius 3 is 2.70 bits per heavy atom. The molecular formula is C16H24BrFN2O2Si. The molecule has 0 radical (unpaired) electrons. The minimum Gasteiger partial charge on any atom is -0.432 e. The number of rotatable bonds is 5. The van der Waals surface area contributed by atoms with Crippen molar-refractivity contribution in [3.63, 3.8) is 0 Å². The van der Waals surface area contributed by atoms with Crippen molar-refractivity contribution in [2.24, 2.45) is 0 Å². The first kappa shape index (κ1) is 18.4. The lowest BCUT2D eigenvalue weighted by Crippen LogP contribution is -2.40. The van der Waals surface area contributed by atoms with Crippen molar-refractivity contribution in [1.82, 2.24) is 5.32 Å². The topological polar surface area (TPSA) is 52.6 Å². The lowest BCUT2D eigenvalue weighted by Gasteiger charge is -2.35. The van der Waals surface area contributed by atoms with E-state index >= 15 is 0 Å². The Hall–Kier alpha value is -0.923. The molecule has 1 heterocycles. The molecule has 1 unspecified atom stereocenters. The standard InChI is InChI=1S/C16H24BrFN2O2Si/c1-16(2,23(3,4)22)8-7-11-10-20(15(21)19-11)12-5-6-13(17)14(18)9-12/h5-6,9,11,22H,7-8,10H2,1-4H3,(H,19,21). The van der Waals surface area contributed by atoms with E-state index in [2.05, 4.69) is 35.1 Å². The second-order valence-electron chi connectivity index (χ2n) is 7.34. The largest absolute Gasteiger partial charge is 0.432 e. The van der Waals surface area contributed by atoms with Crippen LogP contribution in [-0.4, -0.2) is 31.7 Å². The highest BCUT2D eigenvalue weighted by Gasteiger charge is 2.39. The van der Waals surface area contributed by atoms with E-state index in [0.29, 0.717) is 16.7 Å². The second-order valence-corrected chi connectivity index (χ2v) is 12.7. The fourth-order valence-electron chi connectivity index (χ4n) is 2.48. The van der Waals surface area contributed by atoms with E-state index in [-0.39, 0.29) is 22.9 Å². The van der Waals surface area contributed by atoms with Crippen molar-refractivity contribution in [1.29, 1.82) is 0 Å². The van der Waals surface area contributed by atoms with E-state index in [4.69, 9.17) is 0 Å². The summed E-state index contributed by atoms with van der Waals surface area (Å²) in [5.74, 6) is -0.382. The number of benzene rings is 1. The van der Waals surface area contributed by atoms with Crippen molar-refractivity contribution < 1.29 is 14.0 Å². The highest BCUT2D eigenvalue weighted by atomic mass is 79.9. The Morgan fingerprint density at radius 1 is 1.48 bits per heavy atom. The number of hydrogen-bond acceptors (Lipinski definition) is 2. The molecule has 2 N–H and O–H groups in total. The van der Waals surface area contributed by atoms with Crippen LogP contribution in [0.25, 0.3) is 0 Å². The van der Waals surface area contributed by atoms with Gasteiger partial charge >= 0.3 is 6.03 Å². The number of amides is 2. The van der Waals surface area contributed by atoms with Crippen LogP contribution in [-0.2, 0) is 0 Å². The lowest BCUT2D eigenvalue weighted by atomic mass is 10.0. The zero-order valence-electron chi connectivity index (χ0n) is 14.0. The van der Waals surface area contributed by atoms with Crippen molar-refractivity contribution in [2.45, 2.75) is 50.9 Å².